The van der Waals surface area contributed by atoms with Crippen molar-refractivity contribution in [1.29, 1.82) is 0 Å². The van der Waals surface area contributed by atoms with Crippen LogP contribution < -0.4 is 16.0 Å². The van der Waals surface area contributed by atoms with Crippen molar-refractivity contribution < 1.29 is 9.59 Å². The largest absolute Gasteiger partial charge is 0.338 e. The summed E-state index contributed by atoms with van der Waals surface area (Å²) >= 11 is 0. The van der Waals surface area contributed by atoms with Crippen LogP contribution in [0.4, 0.5) is 4.79 Å². The molecule has 0 fully saturated rings. The van der Waals surface area contributed by atoms with Crippen LogP contribution in [-0.4, -0.2) is 29.5 Å². The predicted octanol–water partition coefficient (Wildman–Crippen LogP) is 0.405. The minimum absolute atomic E-state index is 0.357. The summed E-state index contributed by atoms with van der Waals surface area (Å²) in [5, 5.41) is 7.76. The molecule has 3 amide bonds. The predicted molar refractivity (Wildman–Crippen MR) is 67.8 cm³/mol. The van der Waals surface area contributed by atoms with Gasteiger partial charge in [-0.2, -0.15) is 0 Å². The summed E-state index contributed by atoms with van der Waals surface area (Å²) in [6, 6.07) is 2.82. The molecular weight excluding hydrogens is 232 g/mol. The summed E-state index contributed by atoms with van der Waals surface area (Å²) in [6.45, 7) is 4.49. The van der Waals surface area contributed by atoms with E-state index in [2.05, 4.69) is 20.9 Å². The van der Waals surface area contributed by atoms with E-state index in [0.29, 0.717) is 13.1 Å². The standard InChI is InChI=1S/C12H18N4O2/c1-3-14-12(18)16-11(17)9(2)15-8-10-5-4-6-13-7-10/h4-7,9,15H,3,8H2,1-2H3,(H2,14,16,17,18). The maximum Gasteiger partial charge on any atom is 0.321 e. The Hall–Kier alpha value is -1.95. The van der Waals surface area contributed by atoms with Gasteiger partial charge in [0, 0.05) is 25.5 Å². The number of nitrogens with zero attached hydrogens (tertiary/aromatic N) is 1. The highest BCUT2D eigenvalue weighted by molar-refractivity contribution is 5.96. The molecule has 0 aliphatic heterocycles. The number of nitrogens with one attached hydrogen (secondary N) is 3. The Morgan fingerprint density at radius 1 is 1.44 bits per heavy atom. The van der Waals surface area contributed by atoms with Crippen LogP contribution in [0.1, 0.15) is 19.4 Å². The lowest BCUT2D eigenvalue weighted by molar-refractivity contribution is -0.121. The average Bonchev–Trinajstić information content (AvgIpc) is 2.37. The van der Waals surface area contributed by atoms with Crippen molar-refractivity contribution in [2.75, 3.05) is 6.54 Å². The van der Waals surface area contributed by atoms with Crippen LogP contribution in [0.15, 0.2) is 24.5 Å². The molecule has 0 spiro atoms. The number of hydrogen-bond acceptors (Lipinski definition) is 4. The van der Waals surface area contributed by atoms with Crippen molar-refractivity contribution in [2.45, 2.75) is 26.4 Å². The van der Waals surface area contributed by atoms with E-state index < -0.39 is 12.1 Å². The third kappa shape index (κ3) is 4.92. The van der Waals surface area contributed by atoms with E-state index in [9.17, 15) is 9.59 Å². The summed E-state index contributed by atoms with van der Waals surface area (Å²) in [4.78, 5) is 26.7. The number of carbonyl (C=O) groups is 2. The first kappa shape index (κ1) is 14.1. The maximum atomic E-state index is 11.6. The Morgan fingerprint density at radius 3 is 2.83 bits per heavy atom. The second-order valence-electron chi connectivity index (χ2n) is 3.81. The van der Waals surface area contributed by atoms with Crippen LogP contribution in [-0.2, 0) is 11.3 Å². The number of imide groups is 1. The van der Waals surface area contributed by atoms with Crippen molar-refractivity contribution in [1.82, 2.24) is 20.9 Å². The van der Waals surface area contributed by atoms with E-state index in [1.807, 2.05) is 12.1 Å². The zero-order valence-corrected chi connectivity index (χ0v) is 10.6. The Labute approximate surface area is 106 Å². The second kappa shape index (κ2) is 7.39. The van der Waals surface area contributed by atoms with Gasteiger partial charge in [0.2, 0.25) is 5.91 Å². The van der Waals surface area contributed by atoms with E-state index in [0.717, 1.165) is 5.56 Å². The molecule has 1 aromatic heterocycles. The van der Waals surface area contributed by atoms with Crippen LogP contribution >= 0.6 is 0 Å². The zero-order chi connectivity index (χ0) is 13.4. The summed E-state index contributed by atoms with van der Waals surface area (Å²) in [5.74, 6) is -0.357. The van der Waals surface area contributed by atoms with Gasteiger partial charge in [-0.05, 0) is 25.5 Å². The molecule has 1 aromatic rings. The van der Waals surface area contributed by atoms with E-state index in [1.165, 1.54) is 0 Å². The van der Waals surface area contributed by atoms with Crippen molar-refractivity contribution >= 4 is 11.9 Å². The number of carbonyl (C=O) groups excluding carboxylic acids is 2. The highest BCUT2D eigenvalue weighted by Gasteiger charge is 2.14. The normalized spacial score (nSPS) is 11.7. The quantitative estimate of drug-likeness (QED) is 0.706. The summed E-state index contributed by atoms with van der Waals surface area (Å²) < 4.78 is 0. The van der Waals surface area contributed by atoms with E-state index in [4.69, 9.17) is 0 Å². The second-order valence-corrected chi connectivity index (χ2v) is 3.81. The molecule has 6 heteroatoms. The number of pyridine rings is 1. The van der Waals surface area contributed by atoms with Gasteiger partial charge in [-0.15, -0.1) is 0 Å². The fourth-order valence-electron chi connectivity index (χ4n) is 1.29. The minimum Gasteiger partial charge on any atom is -0.338 e. The molecule has 1 heterocycles. The molecular formula is C12H18N4O2. The summed E-state index contributed by atoms with van der Waals surface area (Å²) in [5.41, 5.74) is 0.982. The van der Waals surface area contributed by atoms with Crippen molar-refractivity contribution in [3.05, 3.63) is 30.1 Å². The first-order valence-corrected chi connectivity index (χ1v) is 5.84. The summed E-state index contributed by atoms with van der Waals surface area (Å²) in [6.07, 6.45) is 3.41. The number of aromatic nitrogens is 1. The first-order valence-electron chi connectivity index (χ1n) is 5.84. The third-order valence-electron chi connectivity index (χ3n) is 2.30. The van der Waals surface area contributed by atoms with E-state index in [1.54, 1.807) is 26.2 Å². The molecule has 3 N–H and O–H groups in total. The molecule has 0 aliphatic rings. The Kier molecular flexibility index (Phi) is 5.79. The third-order valence-corrected chi connectivity index (χ3v) is 2.30. The Bertz CT molecular complexity index is 394. The van der Waals surface area contributed by atoms with Crippen LogP contribution in [0.25, 0.3) is 0 Å². The van der Waals surface area contributed by atoms with Gasteiger partial charge in [-0.1, -0.05) is 6.07 Å². The van der Waals surface area contributed by atoms with Gasteiger partial charge < -0.3 is 10.6 Å². The van der Waals surface area contributed by atoms with Gasteiger partial charge in [0.15, 0.2) is 0 Å². The SMILES string of the molecule is CCNC(=O)NC(=O)C(C)NCc1cccnc1. The van der Waals surface area contributed by atoms with Crippen molar-refractivity contribution in [3.63, 3.8) is 0 Å². The number of amides is 3. The maximum absolute atomic E-state index is 11.6. The lowest BCUT2D eigenvalue weighted by atomic mass is 10.2. The summed E-state index contributed by atoms with van der Waals surface area (Å²) in [7, 11) is 0. The minimum atomic E-state index is -0.475. The molecule has 6 nitrogen and oxygen atoms in total. The molecule has 0 bridgehead atoms. The fourth-order valence-corrected chi connectivity index (χ4v) is 1.29. The smallest absolute Gasteiger partial charge is 0.321 e. The highest BCUT2D eigenvalue weighted by atomic mass is 16.2. The lowest BCUT2D eigenvalue weighted by Gasteiger charge is -2.13. The molecule has 0 aromatic carbocycles. The number of urea groups is 1. The molecule has 1 atom stereocenters. The zero-order valence-electron chi connectivity index (χ0n) is 10.6. The molecule has 0 saturated heterocycles. The van der Waals surface area contributed by atoms with Gasteiger partial charge in [0.05, 0.1) is 6.04 Å². The monoisotopic (exact) mass is 250 g/mol. The molecule has 1 rings (SSSR count). The van der Waals surface area contributed by atoms with Gasteiger partial charge in [0.1, 0.15) is 0 Å². The van der Waals surface area contributed by atoms with Crippen LogP contribution in [0, 0.1) is 0 Å². The Balaban J connectivity index is 2.34. The molecule has 1 unspecified atom stereocenters. The van der Waals surface area contributed by atoms with Crippen molar-refractivity contribution in [3.8, 4) is 0 Å². The molecule has 98 valence electrons. The van der Waals surface area contributed by atoms with Crippen LogP contribution in [0.5, 0.6) is 0 Å². The van der Waals surface area contributed by atoms with Gasteiger partial charge in [0.25, 0.3) is 0 Å². The highest BCUT2D eigenvalue weighted by Crippen LogP contribution is 1.95. The van der Waals surface area contributed by atoms with Gasteiger partial charge in [-0.25, -0.2) is 4.79 Å². The van der Waals surface area contributed by atoms with E-state index >= 15 is 0 Å². The number of hydrogen-bond donors (Lipinski definition) is 3. The lowest BCUT2D eigenvalue weighted by Crippen LogP contribution is -2.47. The topological polar surface area (TPSA) is 83.1 Å². The molecule has 0 radical (unpaired) electrons. The first-order chi connectivity index (χ1) is 8.63. The molecule has 0 saturated carbocycles. The fraction of sp³-hybridized carbons (Fsp3) is 0.417. The van der Waals surface area contributed by atoms with Crippen molar-refractivity contribution in [2.24, 2.45) is 0 Å². The van der Waals surface area contributed by atoms with Crippen LogP contribution in [0.2, 0.25) is 0 Å². The number of rotatable bonds is 5. The van der Waals surface area contributed by atoms with Gasteiger partial charge >= 0.3 is 6.03 Å². The Morgan fingerprint density at radius 2 is 2.22 bits per heavy atom. The van der Waals surface area contributed by atoms with Gasteiger partial charge in [-0.3, -0.25) is 15.1 Å². The molecule has 0 aliphatic carbocycles. The molecule has 18 heavy (non-hydrogen) atoms. The van der Waals surface area contributed by atoms with Crippen LogP contribution in [0.3, 0.4) is 0 Å². The van der Waals surface area contributed by atoms with E-state index in [-0.39, 0.29) is 5.91 Å². The average molecular weight is 250 g/mol.